The van der Waals surface area contributed by atoms with Gasteiger partial charge < -0.3 is 10.1 Å². The number of nitrogens with zero attached hydrogens (tertiary/aromatic N) is 1. The van der Waals surface area contributed by atoms with Crippen molar-refractivity contribution in [3.8, 4) is 5.75 Å². The maximum atomic E-state index is 13.3. The topological polar surface area (TPSA) is 58.6 Å². The zero-order valence-corrected chi connectivity index (χ0v) is 16.7. The number of sulfonamides is 1. The van der Waals surface area contributed by atoms with E-state index in [4.69, 9.17) is 4.74 Å². The number of hydrogen-bond acceptors (Lipinski definition) is 4. The van der Waals surface area contributed by atoms with Crippen molar-refractivity contribution < 1.29 is 13.2 Å². The lowest BCUT2D eigenvalue weighted by atomic mass is 10.1. The fourth-order valence-corrected chi connectivity index (χ4v) is 5.51. The maximum absolute atomic E-state index is 13.3. The Balaban J connectivity index is 1.54. The van der Waals surface area contributed by atoms with Gasteiger partial charge in [0.25, 0.3) is 0 Å². The van der Waals surface area contributed by atoms with Crippen LogP contribution in [0.3, 0.4) is 0 Å². The Morgan fingerprint density at radius 1 is 1.04 bits per heavy atom. The highest BCUT2D eigenvalue weighted by atomic mass is 32.2. The highest BCUT2D eigenvalue weighted by molar-refractivity contribution is 7.89. The molecule has 0 radical (unpaired) electrons. The van der Waals surface area contributed by atoms with Gasteiger partial charge in [-0.1, -0.05) is 24.3 Å². The van der Waals surface area contributed by atoms with Gasteiger partial charge in [-0.3, -0.25) is 0 Å². The second-order valence-corrected chi connectivity index (χ2v) is 9.48. The van der Waals surface area contributed by atoms with E-state index in [0.717, 1.165) is 41.8 Å². The minimum absolute atomic E-state index is 0.381. The van der Waals surface area contributed by atoms with E-state index in [0.29, 0.717) is 30.6 Å². The summed E-state index contributed by atoms with van der Waals surface area (Å²) in [6.45, 7) is 4.72. The van der Waals surface area contributed by atoms with Crippen LogP contribution in [0, 0.1) is 5.92 Å². The van der Waals surface area contributed by atoms with E-state index in [1.54, 1.807) is 16.4 Å². The molecular formula is C21H28N2O3S. The van der Waals surface area contributed by atoms with Gasteiger partial charge in [0.05, 0.1) is 11.5 Å². The van der Waals surface area contributed by atoms with Gasteiger partial charge in [0.2, 0.25) is 10.0 Å². The summed E-state index contributed by atoms with van der Waals surface area (Å²) >= 11 is 0. The van der Waals surface area contributed by atoms with E-state index >= 15 is 0 Å². The van der Waals surface area contributed by atoms with Crippen molar-refractivity contribution in [1.82, 2.24) is 9.62 Å². The maximum Gasteiger partial charge on any atom is 0.243 e. The molecule has 0 amide bonds. The first kappa shape index (κ1) is 18.7. The highest BCUT2D eigenvalue weighted by Crippen LogP contribution is 2.33. The molecule has 1 aliphatic carbocycles. The first-order valence-corrected chi connectivity index (χ1v) is 11.4. The van der Waals surface area contributed by atoms with Crippen molar-refractivity contribution in [3.05, 3.63) is 36.4 Å². The summed E-state index contributed by atoms with van der Waals surface area (Å²) in [4.78, 5) is 0.381. The molecule has 6 heteroatoms. The second kappa shape index (κ2) is 7.78. The van der Waals surface area contributed by atoms with Crippen LogP contribution >= 0.6 is 0 Å². The Morgan fingerprint density at radius 2 is 1.74 bits per heavy atom. The van der Waals surface area contributed by atoms with Crippen molar-refractivity contribution in [2.75, 3.05) is 26.2 Å². The molecule has 1 heterocycles. The molecule has 5 nitrogen and oxygen atoms in total. The van der Waals surface area contributed by atoms with Crippen molar-refractivity contribution in [2.24, 2.45) is 5.92 Å². The van der Waals surface area contributed by atoms with Gasteiger partial charge in [0, 0.05) is 29.9 Å². The second-order valence-electron chi connectivity index (χ2n) is 7.57. The summed E-state index contributed by atoms with van der Waals surface area (Å²) < 4.78 is 34.0. The lowest BCUT2D eigenvalue weighted by molar-refractivity contribution is 0.288. The van der Waals surface area contributed by atoms with Crippen molar-refractivity contribution in [2.45, 2.75) is 43.5 Å². The van der Waals surface area contributed by atoms with Crippen LogP contribution in [0.25, 0.3) is 10.8 Å². The predicted molar refractivity (Wildman–Crippen MR) is 108 cm³/mol. The molecule has 1 saturated heterocycles. The largest absolute Gasteiger partial charge is 0.493 e. The standard InChI is InChI=1S/C21H28N2O3S/c1-2-26-20-9-10-21(19-6-4-3-5-18(19)20)27(24,25)23-13-11-17(12-14-23)22-15-16-7-8-16/h3-6,9-10,16-17,22H,2,7-8,11-15H2,1H3. The molecule has 2 aromatic rings. The van der Waals surface area contributed by atoms with E-state index in [1.807, 2.05) is 31.2 Å². The number of ether oxygens (including phenoxy) is 1. The Kier molecular flexibility index (Phi) is 5.39. The van der Waals surface area contributed by atoms with E-state index in [-0.39, 0.29) is 0 Å². The molecule has 2 aromatic carbocycles. The third-order valence-electron chi connectivity index (χ3n) is 5.61. The zero-order chi connectivity index (χ0) is 18.9. The van der Waals surface area contributed by atoms with Gasteiger partial charge in [0.15, 0.2) is 0 Å². The Bertz CT molecular complexity index is 901. The number of fused-ring (bicyclic) bond motifs is 1. The quantitative estimate of drug-likeness (QED) is 0.790. The van der Waals surface area contributed by atoms with Gasteiger partial charge in [-0.15, -0.1) is 0 Å². The van der Waals surface area contributed by atoms with E-state index in [9.17, 15) is 8.42 Å². The van der Waals surface area contributed by atoms with Crippen LogP contribution in [-0.2, 0) is 10.0 Å². The minimum atomic E-state index is -3.51. The van der Waals surface area contributed by atoms with Crippen LogP contribution in [0.5, 0.6) is 5.75 Å². The monoisotopic (exact) mass is 388 g/mol. The van der Waals surface area contributed by atoms with Crippen LogP contribution in [0.4, 0.5) is 0 Å². The van der Waals surface area contributed by atoms with Gasteiger partial charge in [-0.2, -0.15) is 4.31 Å². The zero-order valence-electron chi connectivity index (χ0n) is 15.9. The predicted octanol–water partition coefficient (Wildman–Crippen LogP) is 3.39. The van der Waals surface area contributed by atoms with Gasteiger partial charge in [-0.05, 0) is 57.2 Å². The van der Waals surface area contributed by atoms with Crippen LogP contribution in [0.2, 0.25) is 0 Å². The molecule has 146 valence electrons. The fraction of sp³-hybridized carbons (Fsp3) is 0.524. The molecule has 0 unspecified atom stereocenters. The summed E-state index contributed by atoms with van der Waals surface area (Å²) in [7, 11) is -3.51. The van der Waals surface area contributed by atoms with Crippen LogP contribution in [0.15, 0.2) is 41.3 Å². The number of hydrogen-bond donors (Lipinski definition) is 1. The van der Waals surface area contributed by atoms with Crippen molar-refractivity contribution in [3.63, 3.8) is 0 Å². The van der Waals surface area contributed by atoms with Crippen LogP contribution in [-0.4, -0.2) is 45.0 Å². The number of rotatable bonds is 7. The lowest BCUT2D eigenvalue weighted by Gasteiger charge is -2.32. The summed E-state index contributed by atoms with van der Waals surface area (Å²) in [6.07, 6.45) is 4.43. The van der Waals surface area contributed by atoms with E-state index in [1.165, 1.54) is 12.8 Å². The molecule has 1 N–H and O–H groups in total. The normalized spacial score (nSPS) is 19.4. The van der Waals surface area contributed by atoms with Crippen LogP contribution < -0.4 is 10.1 Å². The number of benzene rings is 2. The fourth-order valence-electron chi connectivity index (χ4n) is 3.84. The summed E-state index contributed by atoms with van der Waals surface area (Å²) in [6, 6.07) is 11.5. The summed E-state index contributed by atoms with van der Waals surface area (Å²) in [5, 5.41) is 5.19. The third-order valence-corrected chi connectivity index (χ3v) is 7.56. The van der Waals surface area contributed by atoms with Gasteiger partial charge >= 0.3 is 0 Å². The molecule has 0 atom stereocenters. The molecular weight excluding hydrogens is 360 g/mol. The molecule has 4 rings (SSSR count). The Morgan fingerprint density at radius 3 is 2.41 bits per heavy atom. The molecule has 0 bridgehead atoms. The number of piperidine rings is 1. The van der Waals surface area contributed by atoms with Crippen molar-refractivity contribution >= 4 is 20.8 Å². The van der Waals surface area contributed by atoms with Crippen LogP contribution in [0.1, 0.15) is 32.6 Å². The SMILES string of the molecule is CCOc1ccc(S(=O)(=O)N2CCC(NCC3CC3)CC2)c2ccccc12. The number of nitrogens with one attached hydrogen (secondary N) is 1. The molecule has 0 spiro atoms. The average molecular weight is 389 g/mol. The molecule has 0 aromatic heterocycles. The Hall–Kier alpha value is -1.63. The van der Waals surface area contributed by atoms with E-state index in [2.05, 4.69) is 5.32 Å². The third kappa shape index (κ3) is 3.98. The average Bonchev–Trinajstić information content (AvgIpc) is 3.51. The van der Waals surface area contributed by atoms with Gasteiger partial charge in [0.1, 0.15) is 5.75 Å². The van der Waals surface area contributed by atoms with E-state index < -0.39 is 10.0 Å². The highest BCUT2D eigenvalue weighted by Gasteiger charge is 2.31. The molecule has 2 aliphatic rings. The molecule has 1 saturated carbocycles. The lowest BCUT2D eigenvalue weighted by Crippen LogP contribution is -2.45. The minimum Gasteiger partial charge on any atom is -0.493 e. The summed E-state index contributed by atoms with van der Waals surface area (Å²) in [5.41, 5.74) is 0. The van der Waals surface area contributed by atoms with Gasteiger partial charge in [-0.25, -0.2) is 8.42 Å². The molecule has 27 heavy (non-hydrogen) atoms. The summed E-state index contributed by atoms with van der Waals surface area (Å²) in [5.74, 6) is 1.58. The molecule has 1 aliphatic heterocycles. The smallest absolute Gasteiger partial charge is 0.243 e. The van der Waals surface area contributed by atoms with Crippen molar-refractivity contribution in [1.29, 1.82) is 0 Å². The first-order chi connectivity index (χ1) is 13.1. The first-order valence-electron chi connectivity index (χ1n) is 9.97. The Labute approximate surface area is 161 Å². The molecule has 2 fully saturated rings.